The number of nitrogens with two attached hydrogens (primary N) is 1. The molecule has 0 aliphatic rings. The van der Waals surface area contributed by atoms with Crippen LogP contribution in [0.4, 0.5) is 0 Å². The van der Waals surface area contributed by atoms with Crippen molar-refractivity contribution in [1.82, 2.24) is 0 Å². The molecule has 1 atom stereocenters. The second-order valence-electron chi connectivity index (χ2n) is 5.26. The van der Waals surface area contributed by atoms with Crippen molar-refractivity contribution in [3.63, 3.8) is 0 Å². The van der Waals surface area contributed by atoms with Gasteiger partial charge in [0, 0.05) is 17.3 Å². The molecule has 0 bridgehead atoms. The third kappa shape index (κ3) is 3.03. The molecule has 3 aromatic rings. The average Bonchev–Trinajstić information content (AvgIpc) is 3.05. The first-order chi connectivity index (χ1) is 10.8. The summed E-state index contributed by atoms with van der Waals surface area (Å²) in [4.78, 5) is 1.21. The highest BCUT2D eigenvalue weighted by Crippen LogP contribution is 2.31. The smallest absolute Gasteiger partial charge is 0.0275 e. The van der Waals surface area contributed by atoms with E-state index in [2.05, 4.69) is 66.6 Å². The van der Waals surface area contributed by atoms with Crippen LogP contribution in [0.2, 0.25) is 0 Å². The van der Waals surface area contributed by atoms with Crippen LogP contribution in [0.15, 0.2) is 78.7 Å². The molecule has 2 aromatic carbocycles. The van der Waals surface area contributed by atoms with E-state index in [0.29, 0.717) is 6.54 Å². The van der Waals surface area contributed by atoms with Gasteiger partial charge in [-0.1, -0.05) is 60.7 Å². The zero-order chi connectivity index (χ0) is 15.4. The molecule has 22 heavy (non-hydrogen) atoms. The topological polar surface area (TPSA) is 26.0 Å². The molecule has 2 heteroatoms. The zero-order valence-corrected chi connectivity index (χ0v) is 13.2. The third-order valence-electron chi connectivity index (χ3n) is 3.82. The maximum Gasteiger partial charge on any atom is 0.0275 e. The first kappa shape index (κ1) is 14.8. The molecule has 0 radical (unpaired) electrons. The van der Waals surface area contributed by atoms with E-state index < -0.39 is 0 Å². The van der Waals surface area contributed by atoms with Gasteiger partial charge in [-0.3, -0.25) is 0 Å². The Hall–Kier alpha value is -2.16. The van der Waals surface area contributed by atoms with E-state index in [9.17, 15) is 0 Å². The molecule has 0 aliphatic carbocycles. The van der Waals surface area contributed by atoms with E-state index in [1.54, 1.807) is 11.3 Å². The van der Waals surface area contributed by atoms with Gasteiger partial charge in [-0.2, -0.15) is 0 Å². The van der Waals surface area contributed by atoms with Crippen molar-refractivity contribution in [2.24, 2.45) is 5.73 Å². The Bertz CT molecular complexity index is 758. The Morgan fingerprint density at radius 1 is 0.955 bits per heavy atom. The van der Waals surface area contributed by atoms with Crippen molar-refractivity contribution in [2.45, 2.75) is 12.5 Å². The second-order valence-corrected chi connectivity index (χ2v) is 6.25. The molecule has 1 nitrogen and oxygen atoms in total. The quantitative estimate of drug-likeness (QED) is 0.645. The van der Waals surface area contributed by atoms with Gasteiger partial charge in [-0.25, -0.2) is 0 Å². The van der Waals surface area contributed by atoms with Crippen LogP contribution < -0.4 is 5.73 Å². The monoisotopic (exact) mass is 305 g/mol. The maximum absolute atomic E-state index is 5.73. The van der Waals surface area contributed by atoms with Crippen LogP contribution in [0.3, 0.4) is 0 Å². The van der Waals surface area contributed by atoms with Crippen molar-refractivity contribution in [2.75, 3.05) is 0 Å². The van der Waals surface area contributed by atoms with E-state index in [1.807, 2.05) is 12.1 Å². The molecule has 0 spiro atoms. The lowest BCUT2D eigenvalue weighted by Gasteiger charge is -2.13. The number of hydrogen-bond acceptors (Lipinski definition) is 2. The third-order valence-corrected chi connectivity index (χ3v) is 4.80. The number of rotatable bonds is 5. The van der Waals surface area contributed by atoms with Crippen molar-refractivity contribution in [3.05, 3.63) is 94.7 Å². The Morgan fingerprint density at radius 3 is 2.41 bits per heavy atom. The minimum absolute atomic E-state index is 0.209. The molecule has 110 valence electrons. The summed E-state index contributed by atoms with van der Waals surface area (Å²) < 4.78 is 0. The number of benzene rings is 2. The predicted octanol–water partition coefficient (Wildman–Crippen LogP) is 5.19. The van der Waals surface area contributed by atoms with Gasteiger partial charge in [0.15, 0.2) is 0 Å². The van der Waals surface area contributed by atoms with Crippen molar-refractivity contribution < 1.29 is 0 Å². The summed E-state index contributed by atoms with van der Waals surface area (Å²) in [7, 11) is 0. The molecule has 1 aromatic heterocycles. The second kappa shape index (κ2) is 6.73. The summed E-state index contributed by atoms with van der Waals surface area (Å²) in [6, 6.07) is 21.3. The SMILES string of the molecule is C=CC(c1cccc(-c2ccccc2)c1)c1csc(CN)c1. The van der Waals surface area contributed by atoms with E-state index >= 15 is 0 Å². The van der Waals surface area contributed by atoms with Gasteiger partial charge in [0.05, 0.1) is 0 Å². The Labute approximate surface area is 135 Å². The Balaban J connectivity index is 1.98. The highest BCUT2D eigenvalue weighted by atomic mass is 32.1. The van der Waals surface area contributed by atoms with Crippen LogP contribution in [0.5, 0.6) is 0 Å². The first-order valence-electron chi connectivity index (χ1n) is 7.37. The van der Waals surface area contributed by atoms with Crippen LogP contribution >= 0.6 is 11.3 Å². The standard InChI is InChI=1S/C20H19NS/c1-2-20(18-12-19(13-21)22-14-18)17-10-6-9-16(11-17)15-7-4-3-5-8-15/h2-12,14,20H,1,13,21H2. The number of allylic oxidation sites excluding steroid dienone is 1. The minimum Gasteiger partial charge on any atom is -0.326 e. The lowest BCUT2D eigenvalue weighted by atomic mass is 9.91. The van der Waals surface area contributed by atoms with Crippen LogP contribution in [0.1, 0.15) is 21.9 Å². The van der Waals surface area contributed by atoms with E-state index in [0.717, 1.165) is 0 Å². The van der Waals surface area contributed by atoms with Gasteiger partial charge in [-0.05, 0) is 33.7 Å². The maximum atomic E-state index is 5.73. The molecule has 3 rings (SSSR count). The van der Waals surface area contributed by atoms with Gasteiger partial charge in [0.1, 0.15) is 0 Å². The lowest BCUT2D eigenvalue weighted by Crippen LogP contribution is -1.97. The normalized spacial score (nSPS) is 12.0. The molecule has 0 saturated carbocycles. The summed E-state index contributed by atoms with van der Waals surface area (Å²) in [6.45, 7) is 4.62. The first-order valence-corrected chi connectivity index (χ1v) is 8.25. The summed E-state index contributed by atoms with van der Waals surface area (Å²) in [6.07, 6.45) is 2.01. The van der Waals surface area contributed by atoms with E-state index in [-0.39, 0.29) is 5.92 Å². The van der Waals surface area contributed by atoms with Crippen LogP contribution in [0.25, 0.3) is 11.1 Å². The van der Waals surface area contributed by atoms with E-state index in [4.69, 9.17) is 5.73 Å². The lowest BCUT2D eigenvalue weighted by molar-refractivity contribution is 1.03. The zero-order valence-electron chi connectivity index (χ0n) is 12.4. The molecule has 1 unspecified atom stereocenters. The van der Waals surface area contributed by atoms with Crippen molar-refractivity contribution in [3.8, 4) is 11.1 Å². The van der Waals surface area contributed by atoms with E-state index in [1.165, 1.54) is 27.1 Å². The van der Waals surface area contributed by atoms with Gasteiger partial charge in [0.2, 0.25) is 0 Å². The Kier molecular flexibility index (Phi) is 4.52. The molecular weight excluding hydrogens is 286 g/mol. The molecular formula is C20H19NS. The van der Waals surface area contributed by atoms with Gasteiger partial charge in [-0.15, -0.1) is 17.9 Å². The molecule has 0 amide bonds. The predicted molar refractivity (Wildman–Crippen MR) is 96.1 cm³/mol. The summed E-state index contributed by atoms with van der Waals surface area (Å²) in [5.41, 5.74) is 10.7. The summed E-state index contributed by atoms with van der Waals surface area (Å²) in [5, 5.41) is 2.18. The van der Waals surface area contributed by atoms with Crippen LogP contribution in [-0.4, -0.2) is 0 Å². The van der Waals surface area contributed by atoms with Crippen LogP contribution in [-0.2, 0) is 6.54 Å². The minimum atomic E-state index is 0.209. The van der Waals surface area contributed by atoms with Gasteiger partial charge < -0.3 is 5.73 Å². The summed E-state index contributed by atoms with van der Waals surface area (Å²) >= 11 is 1.72. The van der Waals surface area contributed by atoms with Crippen molar-refractivity contribution in [1.29, 1.82) is 0 Å². The fourth-order valence-corrected chi connectivity index (χ4v) is 3.48. The average molecular weight is 305 g/mol. The van der Waals surface area contributed by atoms with Crippen LogP contribution in [0, 0.1) is 0 Å². The molecule has 0 aliphatic heterocycles. The van der Waals surface area contributed by atoms with Gasteiger partial charge >= 0.3 is 0 Å². The molecule has 0 fully saturated rings. The van der Waals surface area contributed by atoms with Crippen molar-refractivity contribution >= 4 is 11.3 Å². The largest absolute Gasteiger partial charge is 0.326 e. The summed E-state index contributed by atoms with van der Waals surface area (Å²) in [5.74, 6) is 0.209. The molecule has 0 saturated heterocycles. The number of thiophene rings is 1. The fraction of sp³-hybridized carbons (Fsp3) is 0.100. The molecule has 1 heterocycles. The highest BCUT2D eigenvalue weighted by molar-refractivity contribution is 7.10. The molecule has 2 N–H and O–H groups in total. The number of hydrogen-bond donors (Lipinski definition) is 1. The fourth-order valence-electron chi connectivity index (χ4n) is 2.67. The highest BCUT2D eigenvalue weighted by Gasteiger charge is 2.13. The van der Waals surface area contributed by atoms with Gasteiger partial charge in [0.25, 0.3) is 0 Å². The Morgan fingerprint density at radius 2 is 1.73 bits per heavy atom.